The molecule has 0 aliphatic carbocycles. The number of aromatic nitrogens is 3. The van der Waals surface area contributed by atoms with Crippen molar-refractivity contribution in [2.45, 2.75) is 26.4 Å². The van der Waals surface area contributed by atoms with Crippen molar-refractivity contribution in [3.8, 4) is 11.5 Å². The number of anilines is 3. The summed E-state index contributed by atoms with van der Waals surface area (Å²) in [4.78, 5) is 26.5. The average Bonchev–Trinajstić information content (AvgIpc) is 2.86. The summed E-state index contributed by atoms with van der Waals surface area (Å²) >= 11 is 6.08. The summed E-state index contributed by atoms with van der Waals surface area (Å²) in [6.45, 7) is 5.24. The van der Waals surface area contributed by atoms with Crippen LogP contribution < -0.4 is 15.0 Å². The molecule has 1 unspecified atom stereocenters. The number of phenolic OH excluding ortho intramolecular Hbond substituents is 1. The van der Waals surface area contributed by atoms with Crippen LogP contribution in [0.1, 0.15) is 19.4 Å². The van der Waals surface area contributed by atoms with Gasteiger partial charge in [0.25, 0.3) is 0 Å². The maximum atomic E-state index is 12.1. The number of ether oxygens (including phenoxy) is 3. The van der Waals surface area contributed by atoms with E-state index in [1.165, 1.54) is 0 Å². The van der Waals surface area contributed by atoms with Crippen LogP contribution in [0.15, 0.2) is 48.5 Å². The molecule has 36 heavy (non-hydrogen) atoms. The molecule has 1 heterocycles. The number of carbonyl (C=O) groups is 1. The van der Waals surface area contributed by atoms with Crippen molar-refractivity contribution in [3.63, 3.8) is 0 Å². The van der Waals surface area contributed by atoms with Crippen LogP contribution in [0.3, 0.4) is 0 Å². The van der Waals surface area contributed by atoms with Gasteiger partial charge in [0.2, 0.25) is 17.2 Å². The molecule has 192 valence electrons. The van der Waals surface area contributed by atoms with E-state index < -0.39 is 6.10 Å². The van der Waals surface area contributed by atoms with Crippen LogP contribution in [0.25, 0.3) is 0 Å². The van der Waals surface area contributed by atoms with Gasteiger partial charge in [-0.1, -0.05) is 12.1 Å². The molecule has 0 bridgehead atoms. The van der Waals surface area contributed by atoms with Crippen LogP contribution in [0.4, 0.5) is 17.6 Å². The van der Waals surface area contributed by atoms with Crippen LogP contribution in [-0.4, -0.2) is 65.5 Å². The predicted octanol–water partition coefficient (Wildman–Crippen LogP) is 4.00. The number of hydrogen-bond donors (Lipinski definition) is 2. The molecule has 2 aromatic carbocycles. The number of nitrogens with zero attached hydrogens (tertiary/aromatic N) is 4. The Morgan fingerprint density at radius 2 is 1.78 bits per heavy atom. The monoisotopic (exact) mass is 515 g/mol. The van der Waals surface area contributed by atoms with Crippen molar-refractivity contribution in [1.82, 2.24) is 15.0 Å². The molecule has 11 heteroatoms. The molecule has 0 fully saturated rings. The number of likely N-dealkylation sites (N-methyl/N-ethyl adjacent to an activating group) is 1. The van der Waals surface area contributed by atoms with E-state index >= 15 is 0 Å². The molecule has 10 nitrogen and oxygen atoms in total. The van der Waals surface area contributed by atoms with Gasteiger partial charge in [0, 0.05) is 25.8 Å². The second-order valence-corrected chi connectivity index (χ2v) is 8.05. The normalized spacial score (nSPS) is 11.6. The van der Waals surface area contributed by atoms with Gasteiger partial charge in [0.05, 0.1) is 13.2 Å². The Kier molecular flexibility index (Phi) is 10.1. The topological polar surface area (TPSA) is 119 Å². The molecule has 2 N–H and O–H groups in total. The molecule has 1 aromatic heterocycles. The smallest absolute Gasteiger partial charge is 0.335 e. The van der Waals surface area contributed by atoms with Crippen molar-refractivity contribution >= 4 is 35.2 Å². The van der Waals surface area contributed by atoms with Crippen LogP contribution in [0, 0.1) is 0 Å². The lowest BCUT2D eigenvalue weighted by Crippen LogP contribution is -2.29. The van der Waals surface area contributed by atoms with E-state index in [-0.39, 0.29) is 23.0 Å². The summed E-state index contributed by atoms with van der Waals surface area (Å²) in [5.41, 5.74) is 1.64. The molecule has 0 saturated heterocycles. The number of aromatic hydroxyl groups is 1. The van der Waals surface area contributed by atoms with E-state index in [0.717, 1.165) is 5.56 Å². The van der Waals surface area contributed by atoms with Gasteiger partial charge in [0.15, 0.2) is 6.10 Å². The van der Waals surface area contributed by atoms with Gasteiger partial charge >= 0.3 is 5.97 Å². The first-order chi connectivity index (χ1) is 17.4. The van der Waals surface area contributed by atoms with Gasteiger partial charge in [-0.05, 0) is 67.4 Å². The standard InChI is InChI=1S/C25H30ClN5O5/c1-4-34-21(22(33)35-5-2)16-17-6-12-20(13-7-17)36-15-14-31(3)25-29-23(26)28-24(30-25)27-18-8-10-19(32)11-9-18/h6-13,21,32H,4-5,14-16H2,1-3H3,(H,27,28,29,30). The van der Waals surface area contributed by atoms with Crippen LogP contribution in [-0.2, 0) is 20.7 Å². The van der Waals surface area contributed by atoms with E-state index in [9.17, 15) is 9.90 Å². The minimum atomic E-state index is -0.629. The quantitative estimate of drug-likeness (QED) is 0.255. The zero-order valence-electron chi connectivity index (χ0n) is 20.5. The number of benzene rings is 2. The van der Waals surface area contributed by atoms with Crippen molar-refractivity contribution in [2.75, 3.05) is 43.6 Å². The molecule has 0 aliphatic heterocycles. The molecule has 0 saturated carbocycles. The molecule has 0 spiro atoms. The number of esters is 1. The summed E-state index contributed by atoms with van der Waals surface area (Å²) in [5, 5.41) is 12.5. The maximum Gasteiger partial charge on any atom is 0.335 e. The molecule has 0 amide bonds. The molecular formula is C25H30ClN5O5. The summed E-state index contributed by atoms with van der Waals surface area (Å²) in [6, 6.07) is 14.0. The number of hydrogen-bond acceptors (Lipinski definition) is 10. The van der Waals surface area contributed by atoms with Gasteiger partial charge in [-0.15, -0.1) is 0 Å². The van der Waals surface area contributed by atoms with Gasteiger partial charge in [-0.3, -0.25) is 0 Å². The fourth-order valence-electron chi connectivity index (χ4n) is 3.22. The predicted molar refractivity (Wildman–Crippen MR) is 137 cm³/mol. The summed E-state index contributed by atoms with van der Waals surface area (Å²) < 4.78 is 16.5. The summed E-state index contributed by atoms with van der Waals surface area (Å²) in [5.74, 6) is 1.17. The first kappa shape index (κ1) is 27.0. The third-order valence-electron chi connectivity index (χ3n) is 5.02. The Bertz CT molecular complexity index is 1110. The highest BCUT2D eigenvalue weighted by Gasteiger charge is 2.20. The number of halogens is 1. The molecule has 0 aliphatic rings. The number of nitrogens with one attached hydrogen (secondary N) is 1. The lowest BCUT2D eigenvalue weighted by atomic mass is 10.1. The van der Waals surface area contributed by atoms with Gasteiger partial charge in [0.1, 0.15) is 18.1 Å². The minimum absolute atomic E-state index is 0.0535. The minimum Gasteiger partial charge on any atom is -0.508 e. The summed E-state index contributed by atoms with van der Waals surface area (Å²) in [6.07, 6.45) is -0.202. The second kappa shape index (κ2) is 13.5. The van der Waals surface area contributed by atoms with E-state index in [0.29, 0.717) is 50.2 Å². The largest absolute Gasteiger partial charge is 0.508 e. The third-order valence-corrected chi connectivity index (χ3v) is 5.19. The fourth-order valence-corrected chi connectivity index (χ4v) is 3.38. The third kappa shape index (κ3) is 8.24. The maximum absolute atomic E-state index is 12.1. The highest BCUT2D eigenvalue weighted by molar-refractivity contribution is 6.28. The van der Waals surface area contributed by atoms with Crippen molar-refractivity contribution in [2.24, 2.45) is 0 Å². The molecule has 3 aromatic rings. The Morgan fingerprint density at radius 3 is 2.44 bits per heavy atom. The first-order valence-electron chi connectivity index (χ1n) is 11.6. The van der Waals surface area contributed by atoms with Crippen molar-refractivity contribution in [3.05, 3.63) is 59.4 Å². The first-order valence-corrected chi connectivity index (χ1v) is 11.9. The second-order valence-electron chi connectivity index (χ2n) is 7.71. The van der Waals surface area contributed by atoms with Crippen LogP contribution >= 0.6 is 11.6 Å². The lowest BCUT2D eigenvalue weighted by Gasteiger charge is -2.18. The highest BCUT2D eigenvalue weighted by Crippen LogP contribution is 2.20. The molecular weight excluding hydrogens is 486 g/mol. The van der Waals surface area contributed by atoms with Crippen LogP contribution in [0.2, 0.25) is 5.28 Å². The lowest BCUT2D eigenvalue weighted by molar-refractivity contribution is -0.156. The number of phenols is 1. The van der Waals surface area contributed by atoms with Gasteiger partial charge < -0.3 is 29.5 Å². The average molecular weight is 516 g/mol. The van der Waals surface area contributed by atoms with Crippen molar-refractivity contribution in [1.29, 1.82) is 0 Å². The fraction of sp³-hybridized carbons (Fsp3) is 0.360. The van der Waals surface area contributed by atoms with Gasteiger partial charge in [-0.25, -0.2) is 4.79 Å². The van der Waals surface area contributed by atoms with E-state index in [2.05, 4.69) is 20.3 Å². The molecule has 0 radical (unpaired) electrons. The van der Waals surface area contributed by atoms with Gasteiger partial charge in [-0.2, -0.15) is 15.0 Å². The Morgan fingerprint density at radius 1 is 1.06 bits per heavy atom. The van der Waals surface area contributed by atoms with E-state index in [1.54, 1.807) is 36.1 Å². The number of carbonyl (C=O) groups excluding carboxylic acids is 1. The Hall–Kier alpha value is -3.63. The summed E-state index contributed by atoms with van der Waals surface area (Å²) in [7, 11) is 1.83. The Labute approximate surface area is 215 Å². The highest BCUT2D eigenvalue weighted by atomic mass is 35.5. The van der Waals surface area contributed by atoms with Crippen molar-refractivity contribution < 1.29 is 24.1 Å². The molecule has 1 atom stereocenters. The Balaban J connectivity index is 1.52. The zero-order chi connectivity index (χ0) is 25.9. The number of rotatable bonds is 13. The van der Waals surface area contributed by atoms with E-state index in [4.69, 9.17) is 25.8 Å². The van der Waals surface area contributed by atoms with E-state index in [1.807, 2.05) is 38.2 Å². The van der Waals surface area contributed by atoms with Crippen LogP contribution in [0.5, 0.6) is 11.5 Å². The molecule has 3 rings (SSSR count). The SMILES string of the molecule is CCOC(=O)C(Cc1ccc(OCCN(C)c2nc(Cl)nc(Nc3ccc(O)cc3)n2)cc1)OCC. The zero-order valence-corrected chi connectivity index (χ0v) is 21.2.